The van der Waals surface area contributed by atoms with E-state index in [0.29, 0.717) is 19.4 Å². The Kier molecular flexibility index (Phi) is 6.74. The zero-order valence-corrected chi connectivity index (χ0v) is 15.5. The average Bonchev–Trinajstić information content (AvgIpc) is 2.59. The van der Waals surface area contributed by atoms with Gasteiger partial charge in [-0.15, -0.1) is 0 Å². The molecule has 1 aliphatic heterocycles. The van der Waals surface area contributed by atoms with Crippen molar-refractivity contribution >= 4 is 18.3 Å². The highest BCUT2D eigenvalue weighted by Crippen LogP contribution is 2.15. The Hall–Kier alpha value is -2.41. The molecule has 1 aromatic rings. The predicted molar refractivity (Wildman–Crippen MR) is 95.5 cm³/mol. The molecule has 0 N–H and O–H groups in total. The maximum atomic E-state index is 12.2. The van der Waals surface area contributed by atoms with Gasteiger partial charge >= 0.3 is 12.1 Å². The summed E-state index contributed by atoms with van der Waals surface area (Å²) in [7, 11) is 0. The third-order valence-electron chi connectivity index (χ3n) is 3.88. The fourth-order valence-electron chi connectivity index (χ4n) is 2.64. The summed E-state index contributed by atoms with van der Waals surface area (Å²) in [5.41, 5.74) is 0.296. The van der Waals surface area contributed by atoms with Crippen molar-refractivity contribution in [3.05, 3.63) is 35.9 Å². The monoisotopic (exact) mass is 362 g/mol. The first-order chi connectivity index (χ1) is 12.3. The maximum absolute atomic E-state index is 12.2. The van der Waals surface area contributed by atoms with Crippen molar-refractivity contribution < 1.29 is 23.9 Å². The largest absolute Gasteiger partial charge is 0.460 e. The van der Waals surface area contributed by atoms with Gasteiger partial charge in [-0.3, -0.25) is 14.6 Å². The summed E-state index contributed by atoms with van der Waals surface area (Å²) in [5, 5.41) is 0. The molecule has 1 aliphatic rings. The summed E-state index contributed by atoms with van der Waals surface area (Å²) in [6.07, 6.45) is 0.201. The van der Waals surface area contributed by atoms with Gasteiger partial charge in [0.2, 0.25) is 0 Å². The zero-order chi connectivity index (χ0) is 19.2. The molecular weight excluding hydrogens is 336 g/mol. The number of carbonyl (C=O) groups excluding carboxylic acids is 3. The molecule has 0 bridgehead atoms. The Labute approximate surface area is 153 Å². The van der Waals surface area contributed by atoms with Gasteiger partial charge in [0.25, 0.3) is 0 Å². The van der Waals surface area contributed by atoms with Crippen LogP contribution in [0.2, 0.25) is 0 Å². The molecule has 26 heavy (non-hydrogen) atoms. The number of ether oxygens (including phenoxy) is 2. The number of aldehydes is 1. The molecule has 7 nitrogen and oxygen atoms in total. The average molecular weight is 362 g/mol. The van der Waals surface area contributed by atoms with Gasteiger partial charge in [-0.05, 0) is 26.3 Å². The van der Waals surface area contributed by atoms with E-state index in [4.69, 9.17) is 9.47 Å². The zero-order valence-electron chi connectivity index (χ0n) is 15.5. The molecule has 1 unspecified atom stereocenters. The van der Waals surface area contributed by atoms with E-state index in [-0.39, 0.29) is 25.7 Å². The van der Waals surface area contributed by atoms with Crippen molar-refractivity contribution in [2.45, 2.75) is 39.0 Å². The molecule has 0 spiro atoms. The van der Waals surface area contributed by atoms with Crippen molar-refractivity contribution in [3.63, 3.8) is 0 Å². The lowest BCUT2D eigenvalue weighted by molar-refractivity contribution is -0.147. The van der Waals surface area contributed by atoms with E-state index in [1.807, 2.05) is 35.2 Å². The molecule has 1 heterocycles. The van der Waals surface area contributed by atoms with Crippen molar-refractivity contribution in [3.8, 4) is 0 Å². The number of amides is 1. The topological polar surface area (TPSA) is 76.2 Å². The van der Waals surface area contributed by atoms with E-state index < -0.39 is 17.7 Å². The van der Waals surface area contributed by atoms with Crippen LogP contribution < -0.4 is 0 Å². The van der Waals surface area contributed by atoms with Crippen LogP contribution in [0.25, 0.3) is 0 Å². The Bertz CT molecular complexity index is 627. The highest BCUT2D eigenvalue weighted by Gasteiger charge is 2.33. The highest BCUT2D eigenvalue weighted by molar-refractivity contribution is 5.75. The number of piperazine rings is 1. The van der Waals surface area contributed by atoms with Crippen LogP contribution in [0.5, 0.6) is 0 Å². The fourth-order valence-corrected chi connectivity index (χ4v) is 2.64. The minimum Gasteiger partial charge on any atom is -0.460 e. The minimum atomic E-state index is -0.638. The molecule has 1 atom stereocenters. The van der Waals surface area contributed by atoms with E-state index >= 15 is 0 Å². The van der Waals surface area contributed by atoms with E-state index in [2.05, 4.69) is 0 Å². The molecule has 2 rings (SSSR count). The van der Waals surface area contributed by atoms with Gasteiger partial charge in [0.1, 0.15) is 24.5 Å². The van der Waals surface area contributed by atoms with Crippen LogP contribution >= 0.6 is 0 Å². The summed E-state index contributed by atoms with van der Waals surface area (Å²) in [5.74, 6) is -0.357. The van der Waals surface area contributed by atoms with E-state index in [0.717, 1.165) is 5.56 Å². The number of nitrogens with zero attached hydrogens (tertiary/aromatic N) is 2. The Morgan fingerprint density at radius 2 is 1.88 bits per heavy atom. The minimum absolute atomic E-state index is 0.0827. The van der Waals surface area contributed by atoms with Gasteiger partial charge in [-0.2, -0.15) is 0 Å². The van der Waals surface area contributed by atoms with Crippen molar-refractivity contribution in [1.82, 2.24) is 9.80 Å². The first-order valence-corrected chi connectivity index (χ1v) is 8.65. The van der Waals surface area contributed by atoms with Crippen LogP contribution in [0.3, 0.4) is 0 Å². The van der Waals surface area contributed by atoms with Crippen LogP contribution in [-0.2, 0) is 25.7 Å². The van der Waals surface area contributed by atoms with Gasteiger partial charge < -0.3 is 14.3 Å². The molecule has 7 heteroatoms. The number of esters is 1. The summed E-state index contributed by atoms with van der Waals surface area (Å²) in [4.78, 5) is 38.8. The normalized spacial score (nSPS) is 18.3. The third kappa shape index (κ3) is 6.15. The molecule has 1 fully saturated rings. The smallest absolute Gasteiger partial charge is 0.410 e. The second-order valence-electron chi connectivity index (χ2n) is 7.26. The first kappa shape index (κ1) is 19.9. The quantitative estimate of drug-likeness (QED) is 0.588. The van der Waals surface area contributed by atoms with Gasteiger partial charge in [0.05, 0.1) is 6.54 Å². The molecule has 0 radical (unpaired) electrons. The molecular formula is C19H26N2O5. The van der Waals surface area contributed by atoms with Crippen LogP contribution in [0.15, 0.2) is 30.3 Å². The molecule has 1 amide bonds. The van der Waals surface area contributed by atoms with Crippen LogP contribution in [0.4, 0.5) is 4.79 Å². The summed E-state index contributed by atoms with van der Waals surface area (Å²) in [6, 6.07) is 8.79. The predicted octanol–water partition coefficient (Wildman–Crippen LogP) is 1.85. The van der Waals surface area contributed by atoms with Crippen LogP contribution in [0, 0.1) is 0 Å². The summed E-state index contributed by atoms with van der Waals surface area (Å²) >= 11 is 0. The summed E-state index contributed by atoms with van der Waals surface area (Å²) in [6.45, 7) is 6.71. The van der Waals surface area contributed by atoms with E-state index in [9.17, 15) is 14.4 Å². The lowest BCUT2D eigenvalue weighted by Gasteiger charge is -2.38. The second-order valence-corrected chi connectivity index (χ2v) is 7.26. The maximum Gasteiger partial charge on any atom is 0.410 e. The number of hydrogen-bond acceptors (Lipinski definition) is 6. The Balaban J connectivity index is 1.83. The van der Waals surface area contributed by atoms with Gasteiger partial charge in [-0.25, -0.2) is 4.79 Å². The molecule has 0 saturated carbocycles. The lowest BCUT2D eigenvalue weighted by atomic mass is 10.2. The molecule has 1 saturated heterocycles. The molecule has 142 valence electrons. The number of rotatable bonds is 5. The number of hydrogen-bond donors (Lipinski definition) is 0. The number of carbonyl (C=O) groups is 3. The Morgan fingerprint density at radius 1 is 1.19 bits per heavy atom. The SMILES string of the molecule is CC(C)(C)OC(=O)N1CCN(CC(=O)OCc2ccccc2)CC1C=O. The molecule has 1 aromatic carbocycles. The van der Waals surface area contributed by atoms with Gasteiger partial charge in [0, 0.05) is 19.6 Å². The van der Waals surface area contributed by atoms with Crippen LogP contribution in [-0.4, -0.2) is 66.0 Å². The van der Waals surface area contributed by atoms with Gasteiger partial charge in [-0.1, -0.05) is 30.3 Å². The Morgan fingerprint density at radius 3 is 2.50 bits per heavy atom. The fraction of sp³-hybridized carbons (Fsp3) is 0.526. The van der Waals surface area contributed by atoms with Crippen molar-refractivity contribution in [1.29, 1.82) is 0 Å². The van der Waals surface area contributed by atoms with Crippen LogP contribution in [0.1, 0.15) is 26.3 Å². The lowest BCUT2D eigenvalue weighted by Crippen LogP contribution is -2.57. The summed E-state index contributed by atoms with van der Waals surface area (Å²) < 4.78 is 10.6. The second kappa shape index (κ2) is 8.80. The molecule has 0 aliphatic carbocycles. The third-order valence-corrected chi connectivity index (χ3v) is 3.88. The standard InChI is InChI=1S/C19H26N2O5/c1-19(2,3)26-18(24)21-10-9-20(11-16(21)13-22)12-17(23)25-14-15-7-5-4-6-8-15/h4-8,13,16H,9-12,14H2,1-3H3. The highest BCUT2D eigenvalue weighted by atomic mass is 16.6. The van der Waals surface area contributed by atoms with E-state index in [1.165, 1.54) is 4.90 Å². The first-order valence-electron chi connectivity index (χ1n) is 8.65. The van der Waals surface area contributed by atoms with Gasteiger partial charge in [0.15, 0.2) is 0 Å². The van der Waals surface area contributed by atoms with Crippen molar-refractivity contribution in [2.75, 3.05) is 26.2 Å². The van der Waals surface area contributed by atoms with E-state index in [1.54, 1.807) is 20.8 Å². The number of benzene rings is 1. The van der Waals surface area contributed by atoms with Crippen molar-refractivity contribution in [2.24, 2.45) is 0 Å². The molecule has 0 aromatic heterocycles.